The first-order valence-corrected chi connectivity index (χ1v) is 8.13. The van der Waals surface area contributed by atoms with Crippen molar-refractivity contribution in [2.75, 3.05) is 19.6 Å². The summed E-state index contributed by atoms with van der Waals surface area (Å²) in [6, 6.07) is 1.40. The molecule has 1 aromatic rings. The summed E-state index contributed by atoms with van der Waals surface area (Å²) in [6.45, 7) is 10.3. The van der Waals surface area contributed by atoms with Gasteiger partial charge in [-0.05, 0) is 78.1 Å². The van der Waals surface area contributed by atoms with Crippen molar-refractivity contribution in [2.45, 2.75) is 65.0 Å². The Kier molecular flexibility index (Phi) is 6.05. The molecule has 20 heavy (non-hydrogen) atoms. The molecule has 1 saturated heterocycles. The average molecular weight is 278 g/mol. The largest absolute Gasteiger partial charge is 0.314 e. The molecule has 4 heteroatoms. The van der Waals surface area contributed by atoms with Crippen LogP contribution in [-0.4, -0.2) is 46.8 Å². The van der Waals surface area contributed by atoms with Crippen LogP contribution in [0, 0.1) is 6.92 Å². The lowest BCUT2D eigenvalue weighted by Gasteiger charge is -2.24. The second-order valence-corrected chi connectivity index (χ2v) is 6.34. The minimum Gasteiger partial charge on any atom is -0.314 e. The topological polar surface area (TPSA) is 44.0 Å². The van der Waals surface area contributed by atoms with Crippen LogP contribution >= 0.6 is 0 Å². The number of rotatable bonds is 6. The Morgan fingerprint density at radius 2 is 2.25 bits per heavy atom. The van der Waals surface area contributed by atoms with Crippen molar-refractivity contribution in [3.05, 3.63) is 17.5 Å². The lowest BCUT2D eigenvalue weighted by Crippen LogP contribution is -2.34. The van der Waals surface area contributed by atoms with Gasteiger partial charge in [0, 0.05) is 17.8 Å². The van der Waals surface area contributed by atoms with E-state index in [2.05, 4.69) is 41.2 Å². The van der Waals surface area contributed by atoms with Gasteiger partial charge in [-0.1, -0.05) is 0 Å². The van der Waals surface area contributed by atoms with Crippen LogP contribution in [0.2, 0.25) is 0 Å². The Morgan fingerprint density at radius 3 is 2.95 bits per heavy atom. The van der Waals surface area contributed by atoms with E-state index < -0.39 is 0 Å². The molecule has 1 fully saturated rings. The van der Waals surface area contributed by atoms with Crippen LogP contribution in [0.5, 0.6) is 0 Å². The Balaban J connectivity index is 1.63. The highest BCUT2D eigenvalue weighted by molar-refractivity contribution is 5.14. The molecule has 1 aliphatic heterocycles. The van der Waals surface area contributed by atoms with Gasteiger partial charge in [0.15, 0.2) is 0 Å². The molecular formula is C16H30N4. The molecule has 0 aromatic carbocycles. The summed E-state index contributed by atoms with van der Waals surface area (Å²) in [4.78, 5) is 2.61. The molecule has 114 valence electrons. The molecule has 1 aliphatic rings. The van der Waals surface area contributed by atoms with E-state index >= 15 is 0 Å². The SMILES string of the molecule is Cc1[nH]ncc1CCCNC1CCCN(C(C)C)CC1. The van der Waals surface area contributed by atoms with Crippen LogP contribution in [0.1, 0.15) is 50.8 Å². The summed E-state index contributed by atoms with van der Waals surface area (Å²) in [5, 5.41) is 10.8. The van der Waals surface area contributed by atoms with E-state index in [1.807, 2.05) is 6.20 Å². The Bertz CT molecular complexity index is 386. The predicted octanol–water partition coefficient (Wildman–Crippen LogP) is 2.50. The third kappa shape index (κ3) is 4.60. The molecule has 4 nitrogen and oxygen atoms in total. The third-order valence-electron chi connectivity index (χ3n) is 4.48. The maximum Gasteiger partial charge on any atom is 0.0522 e. The number of aromatic nitrogens is 2. The van der Waals surface area contributed by atoms with Crippen molar-refractivity contribution < 1.29 is 0 Å². The van der Waals surface area contributed by atoms with Gasteiger partial charge in [0.2, 0.25) is 0 Å². The van der Waals surface area contributed by atoms with Crippen molar-refractivity contribution in [3.8, 4) is 0 Å². The molecule has 0 amide bonds. The van der Waals surface area contributed by atoms with E-state index in [0.717, 1.165) is 13.0 Å². The van der Waals surface area contributed by atoms with Crippen molar-refractivity contribution in [3.63, 3.8) is 0 Å². The van der Waals surface area contributed by atoms with Crippen LogP contribution in [0.3, 0.4) is 0 Å². The van der Waals surface area contributed by atoms with Crippen LogP contribution in [-0.2, 0) is 6.42 Å². The highest BCUT2D eigenvalue weighted by Crippen LogP contribution is 2.13. The molecular weight excluding hydrogens is 248 g/mol. The molecule has 1 unspecified atom stereocenters. The van der Waals surface area contributed by atoms with Gasteiger partial charge in [-0.25, -0.2) is 0 Å². The minimum absolute atomic E-state index is 0.692. The average Bonchev–Trinajstić information content (AvgIpc) is 2.69. The first-order valence-electron chi connectivity index (χ1n) is 8.13. The fourth-order valence-corrected chi connectivity index (χ4v) is 3.05. The van der Waals surface area contributed by atoms with Gasteiger partial charge in [-0.15, -0.1) is 0 Å². The molecule has 0 aliphatic carbocycles. The number of aromatic amines is 1. The number of likely N-dealkylation sites (tertiary alicyclic amines) is 1. The first-order chi connectivity index (χ1) is 9.66. The summed E-state index contributed by atoms with van der Waals surface area (Å²) in [6.07, 6.45) is 8.24. The quantitative estimate of drug-likeness (QED) is 0.786. The van der Waals surface area contributed by atoms with E-state index in [4.69, 9.17) is 0 Å². The third-order valence-corrected chi connectivity index (χ3v) is 4.48. The zero-order chi connectivity index (χ0) is 14.4. The molecule has 0 bridgehead atoms. The Hall–Kier alpha value is -0.870. The number of hydrogen-bond acceptors (Lipinski definition) is 3. The summed E-state index contributed by atoms with van der Waals surface area (Å²) < 4.78 is 0. The number of aryl methyl sites for hydroxylation is 2. The van der Waals surface area contributed by atoms with Crippen molar-refractivity contribution >= 4 is 0 Å². The zero-order valence-corrected chi connectivity index (χ0v) is 13.3. The lowest BCUT2D eigenvalue weighted by atomic mass is 10.1. The zero-order valence-electron chi connectivity index (χ0n) is 13.3. The molecule has 0 saturated carbocycles. The molecule has 1 aromatic heterocycles. The highest BCUT2D eigenvalue weighted by Gasteiger charge is 2.17. The molecule has 2 heterocycles. The second-order valence-electron chi connectivity index (χ2n) is 6.34. The van der Waals surface area contributed by atoms with Crippen LogP contribution in [0.25, 0.3) is 0 Å². The molecule has 2 N–H and O–H groups in total. The number of hydrogen-bond donors (Lipinski definition) is 2. The molecule has 0 radical (unpaired) electrons. The van der Waals surface area contributed by atoms with E-state index in [0.29, 0.717) is 12.1 Å². The highest BCUT2D eigenvalue weighted by atomic mass is 15.1. The number of H-pyrrole nitrogens is 1. The molecule has 2 rings (SSSR count). The summed E-state index contributed by atoms with van der Waals surface area (Å²) in [5.41, 5.74) is 2.57. The van der Waals surface area contributed by atoms with Gasteiger partial charge in [-0.3, -0.25) is 5.10 Å². The number of nitrogens with one attached hydrogen (secondary N) is 2. The Morgan fingerprint density at radius 1 is 1.40 bits per heavy atom. The van der Waals surface area contributed by atoms with Gasteiger partial charge < -0.3 is 10.2 Å². The first kappa shape index (κ1) is 15.5. The van der Waals surface area contributed by atoms with E-state index in [-0.39, 0.29) is 0 Å². The fraction of sp³-hybridized carbons (Fsp3) is 0.812. The van der Waals surface area contributed by atoms with Crippen LogP contribution in [0.15, 0.2) is 6.20 Å². The minimum atomic E-state index is 0.692. The maximum atomic E-state index is 4.08. The van der Waals surface area contributed by atoms with Gasteiger partial charge in [0.25, 0.3) is 0 Å². The number of nitrogens with zero attached hydrogens (tertiary/aromatic N) is 2. The standard InChI is InChI=1S/C16H30N4/c1-13(2)20-10-5-7-16(8-11-20)17-9-4-6-15-12-18-19-14(15)3/h12-13,16-17H,4-11H2,1-3H3,(H,18,19). The predicted molar refractivity (Wildman–Crippen MR) is 84.0 cm³/mol. The van der Waals surface area contributed by atoms with Crippen LogP contribution < -0.4 is 5.32 Å². The Labute approximate surface area is 123 Å². The van der Waals surface area contributed by atoms with Crippen LogP contribution in [0.4, 0.5) is 0 Å². The van der Waals surface area contributed by atoms with E-state index in [1.54, 1.807) is 0 Å². The fourth-order valence-electron chi connectivity index (χ4n) is 3.05. The van der Waals surface area contributed by atoms with E-state index in [1.165, 1.54) is 50.0 Å². The van der Waals surface area contributed by atoms with Gasteiger partial charge in [0.05, 0.1) is 6.20 Å². The summed E-state index contributed by atoms with van der Waals surface area (Å²) in [5.74, 6) is 0. The lowest BCUT2D eigenvalue weighted by molar-refractivity contribution is 0.229. The summed E-state index contributed by atoms with van der Waals surface area (Å²) >= 11 is 0. The van der Waals surface area contributed by atoms with Gasteiger partial charge >= 0.3 is 0 Å². The molecule has 1 atom stereocenters. The monoisotopic (exact) mass is 278 g/mol. The van der Waals surface area contributed by atoms with Gasteiger partial charge in [-0.2, -0.15) is 5.10 Å². The van der Waals surface area contributed by atoms with Gasteiger partial charge in [0.1, 0.15) is 0 Å². The van der Waals surface area contributed by atoms with Crippen molar-refractivity contribution in [1.29, 1.82) is 0 Å². The normalized spacial score (nSPS) is 21.3. The van der Waals surface area contributed by atoms with E-state index in [9.17, 15) is 0 Å². The van der Waals surface area contributed by atoms with Crippen molar-refractivity contribution in [1.82, 2.24) is 20.4 Å². The summed E-state index contributed by atoms with van der Waals surface area (Å²) in [7, 11) is 0. The maximum absolute atomic E-state index is 4.08. The second kappa shape index (κ2) is 7.79. The smallest absolute Gasteiger partial charge is 0.0522 e. The molecule has 0 spiro atoms. The van der Waals surface area contributed by atoms with Crippen molar-refractivity contribution in [2.24, 2.45) is 0 Å².